The fraction of sp³-hybridized carbons (Fsp3) is 1.00. The van der Waals surface area contributed by atoms with Crippen molar-refractivity contribution in [3.05, 3.63) is 0 Å². The Bertz CT molecular complexity index is 149. The second kappa shape index (κ2) is 3.73. The van der Waals surface area contributed by atoms with Gasteiger partial charge in [-0.3, -0.25) is 0 Å². The van der Waals surface area contributed by atoms with Crippen molar-refractivity contribution in [2.24, 2.45) is 11.7 Å². The normalized spacial score (nSPS) is 43.5. The molecule has 12 heavy (non-hydrogen) atoms. The molecule has 0 radical (unpaired) electrons. The molecular formula is C9H19NO2. The Morgan fingerprint density at radius 2 is 2.08 bits per heavy atom. The van der Waals surface area contributed by atoms with Crippen LogP contribution in [0.5, 0.6) is 0 Å². The van der Waals surface area contributed by atoms with Crippen molar-refractivity contribution in [2.45, 2.75) is 51.5 Å². The third-order valence-corrected chi connectivity index (χ3v) is 2.43. The zero-order valence-electron chi connectivity index (χ0n) is 8.03. The van der Waals surface area contributed by atoms with Gasteiger partial charge in [0.2, 0.25) is 0 Å². The molecule has 4 atom stereocenters. The molecule has 72 valence electrons. The van der Waals surface area contributed by atoms with Crippen LogP contribution in [-0.4, -0.2) is 29.5 Å². The summed E-state index contributed by atoms with van der Waals surface area (Å²) >= 11 is 0. The molecule has 0 aromatic heterocycles. The summed E-state index contributed by atoms with van der Waals surface area (Å²) in [5, 5.41) is 9.68. The molecule has 1 saturated heterocycles. The predicted octanol–water partition coefficient (Wildman–Crippen LogP) is 0.508. The van der Waals surface area contributed by atoms with Crippen LogP contribution >= 0.6 is 0 Å². The minimum absolute atomic E-state index is 0.0938. The van der Waals surface area contributed by atoms with E-state index in [1.54, 1.807) is 0 Å². The van der Waals surface area contributed by atoms with E-state index < -0.39 is 6.10 Å². The van der Waals surface area contributed by atoms with E-state index in [2.05, 4.69) is 0 Å². The van der Waals surface area contributed by atoms with Gasteiger partial charge in [-0.15, -0.1) is 0 Å². The van der Waals surface area contributed by atoms with Gasteiger partial charge in [-0.25, -0.2) is 0 Å². The molecule has 0 aliphatic carbocycles. The smallest absolute Gasteiger partial charge is 0.0955 e. The number of aliphatic hydroxyl groups is 1. The Morgan fingerprint density at radius 3 is 2.58 bits per heavy atom. The monoisotopic (exact) mass is 173 g/mol. The highest BCUT2D eigenvalue weighted by atomic mass is 16.5. The van der Waals surface area contributed by atoms with Crippen LogP contribution in [-0.2, 0) is 4.74 Å². The van der Waals surface area contributed by atoms with E-state index in [0.29, 0.717) is 5.92 Å². The van der Waals surface area contributed by atoms with Gasteiger partial charge in [-0.05, 0) is 19.3 Å². The highest BCUT2D eigenvalue weighted by Crippen LogP contribution is 2.23. The Morgan fingerprint density at radius 1 is 1.50 bits per heavy atom. The molecule has 1 heterocycles. The van der Waals surface area contributed by atoms with E-state index in [9.17, 15) is 5.11 Å². The molecule has 1 aliphatic rings. The van der Waals surface area contributed by atoms with Crippen molar-refractivity contribution in [1.82, 2.24) is 0 Å². The lowest BCUT2D eigenvalue weighted by Gasteiger charge is -2.38. The van der Waals surface area contributed by atoms with Gasteiger partial charge < -0.3 is 15.6 Å². The first-order valence-electron chi connectivity index (χ1n) is 4.61. The second-order valence-electron chi connectivity index (χ2n) is 4.05. The zero-order chi connectivity index (χ0) is 9.30. The van der Waals surface area contributed by atoms with E-state index in [-0.39, 0.29) is 18.2 Å². The second-order valence-corrected chi connectivity index (χ2v) is 4.05. The zero-order valence-corrected chi connectivity index (χ0v) is 8.03. The Labute approximate surface area is 73.9 Å². The fourth-order valence-corrected chi connectivity index (χ4v) is 1.72. The van der Waals surface area contributed by atoms with E-state index >= 15 is 0 Å². The number of ether oxygens (including phenoxy) is 1. The van der Waals surface area contributed by atoms with Crippen molar-refractivity contribution in [3.63, 3.8) is 0 Å². The summed E-state index contributed by atoms with van der Waals surface area (Å²) in [7, 11) is 0. The van der Waals surface area contributed by atoms with Gasteiger partial charge in [0, 0.05) is 6.04 Å². The maximum absolute atomic E-state index is 9.68. The van der Waals surface area contributed by atoms with Gasteiger partial charge in [0.05, 0.1) is 18.3 Å². The summed E-state index contributed by atoms with van der Waals surface area (Å²) < 4.78 is 5.60. The van der Waals surface area contributed by atoms with Gasteiger partial charge >= 0.3 is 0 Å². The number of hydrogen-bond acceptors (Lipinski definition) is 3. The Kier molecular flexibility index (Phi) is 3.09. The van der Waals surface area contributed by atoms with Crippen molar-refractivity contribution in [1.29, 1.82) is 0 Å². The van der Waals surface area contributed by atoms with Gasteiger partial charge in [0.25, 0.3) is 0 Å². The molecule has 0 saturated carbocycles. The molecule has 0 amide bonds. The first kappa shape index (κ1) is 9.96. The van der Waals surface area contributed by atoms with Crippen LogP contribution in [0.1, 0.15) is 27.2 Å². The number of aliphatic hydroxyl groups excluding tert-OH is 1. The molecule has 1 fully saturated rings. The van der Waals surface area contributed by atoms with Crippen LogP contribution in [0.4, 0.5) is 0 Å². The van der Waals surface area contributed by atoms with Gasteiger partial charge in [-0.1, -0.05) is 13.8 Å². The number of rotatable bonds is 1. The van der Waals surface area contributed by atoms with Crippen LogP contribution in [0.15, 0.2) is 0 Å². The van der Waals surface area contributed by atoms with E-state index in [1.807, 2.05) is 20.8 Å². The highest BCUT2D eigenvalue weighted by molar-refractivity contribution is 4.87. The molecule has 1 aliphatic heterocycles. The number of nitrogens with two attached hydrogens (primary N) is 1. The summed E-state index contributed by atoms with van der Waals surface area (Å²) in [5.41, 5.74) is 5.77. The maximum Gasteiger partial charge on any atom is 0.0955 e. The topological polar surface area (TPSA) is 55.5 Å². The SMILES string of the molecule is CC1CC(N)C(O)[C@H](C(C)C)O1. The molecule has 3 nitrogen and oxygen atoms in total. The minimum atomic E-state index is -0.499. The van der Waals surface area contributed by atoms with Crippen molar-refractivity contribution in [3.8, 4) is 0 Å². The number of hydrogen-bond donors (Lipinski definition) is 2. The van der Waals surface area contributed by atoms with Gasteiger partial charge in [0.1, 0.15) is 0 Å². The van der Waals surface area contributed by atoms with E-state index in [1.165, 1.54) is 0 Å². The van der Waals surface area contributed by atoms with Crippen molar-refractivity contribution < 1.29 is 9.84 Å². The average Bonchev–Trinajstić information content (AvgIpc) is 1.96. The summed E-state index contributed by atoms with van der Waals surface area (Å²) in [6, 6.07) is -0.124. The predicted molar refractivity (Wildman–Crippen MR) is 47.8 cm³/mol. The molecule has 0 bridgehead atoms. The third-order valence-electron chi connectivity index (χ3n) is 2.43. The van der Waals surface area contributed by atoms with Crippen LogP contribution in [0, 0.1) is 5.92 Å². The first-order chi connectivity index (χ1) is 5.52. The fourth-order valence-electron chi connectivity index (χ4n) is 1.72. The maximum atomic E-state index is 9.68. The summed E-state index contributed by atoms with van der Waals surface area (Å²) in [4.78, 5) is 0. The summed E-state index contributed by atoms with van der Waals surface area (Å²) in [6.45, 7) is 6.08. The standard InChI is InChI=1S/C9H19NO2/c1-5(2)9-8(11)7(10)4-6(3)12-9/h5-9,11H,4,10H2,1-3H3/t6?,7?,8?,9-/m0/s1. The van der Waals surface area contributed by atoms with Crippen LogP contribution in [0.2, 0.25) is 0 Å². The summed E-state index contributed by atoms with van der Waals surface area (Å²) in [5.74, 6) is 0.328. The molecule has 3 heteroatoms. The van der Waals surface area contributed by atoms with E-state index in [4.69, 9.17) is 10.5 Å². The molecule has 0 aromatic carbocycles. The minimum Gasteiger partial charge on any atom is -0.389 e. The Hall–Kier alpha value is -0.120. The molecule has 1 rings (SSSR count). The highest BCUT2D eigenvalue weighted by Gasteiger charge is 2.35. The van der Waals surface area contributed by atoms with Gasteiger partial charge in [-0.2, -0.15) is 0 Å². The lowest BCUT2D eigenvalue weighted by molar-refractivity contribution is -0.137. The third kappa shape index (κ3) is 1.97. The molecule has 0 aromatic rings. The molecule has 0 spiro atoms. The van der Waals surface area contributed by atoms with Crippen LogP contribution < -0.4 is 5.73 Å². The Balaban J connectivity index is 2.60. The first-order valence-corrected chi connectivity index (χ1v) is 4.61. The van der Waals surface area contributed by atoms with Crippen LogP contribution in [0.3, 0.4) is 0 Å². The summed E-state index contributed by atoms with van der Waals surface area (Å²) in [6.07, 6.45) is 0.338. The molecular weight excluding hydrogens is 154 g/mol. The van der Waals surface area contributed by atoms with Gasteiger partial charge in [0.15, 0.2) is 0 Å². The lowest BCUT2D eigenvalue weighted by Crippen LogP contribution is -2.53. The quantitative estimate of drug-likeness (QED) is 0.607. The lowest BCUT2D eigenvalue weighted by atomic mass is 9.90. The molecule has 3 unspecified atom stereocenters. The van der Waals surface area contributed by atoms with E-state index in [0.717, 1.165) is 6.42 Å². The van der Waals surface area contributed by atoms with Crippen molar-refractivity contribution >= 4 is 0 Å². The molecule has 3 N–H and O–H groups in total. The van der Waals surface area contributed by atoms with Crippen molar-refractivity contribution in [2.75, 3.05) is 0 Å². The largest absolute Gasteiger partial charge is 0.389 e. The van der Waals surface area contributed by atoms with Crippen LogP contribution in [0.25, 0.3) is 0 Å². The average molecular weight is 173 g/mol.